The fourth-order valence-corrected chi connectivity index (χ4v) is 1.46. The van der Waals surface area contributed by atoms with Crippen LogP contribution in [0.5, 0.6) is 0 Å². The van der Waals surface area contributed by atoms with Crippen LogP contribution in [-0.2, 0) is 4.79 Å². The zero-order chi connectivity index (χ0) is 8.55. The summed E-state index contributed by atoms with van der Waals surface area (Å²) in [7, 11) is 0. The molecule has 0 aromatic heterocycles. The van der Waals surface area contributed by atoms with Gasteiger partial charge in [0.1, 0.15) is 5.82 Å². The molecule has 2 rings (SSSR count). The Morgan fingerprint density at radius 3 is 3.17 bits per heavy atom. The van der Waals surface area contributed by atoms with E-state index in [2.05, 4.69) is 5.32 Å². The Morgan fingerprint density at radius 1 is 1.58 bits per heavy atom. The van der Waals surface area contributed by atoms with Crippen molar-refractivity contribution >= 4 is 5.97 Å². The van der Waals surface area contributed by atoms with E-state index in [4.69, 9.17) is 5.11 Å². The van der Waals surface area contributed by atoms with Crippen LogP contribution in [0.3, 0.4) is 0 Å². The summed E-state index contributed by atoms with van der Waals surface area (Å²) in [5.41, 5.74) is 0.461. The third-order valence-electron chi connectivity index (χ3n) is 2.11. The number of hydrogen-bond acceptors (Lipinski definition) is 3. The smallest absolute Gasteiger partial charge is 0.333 e. The Labute approximate surface area is 70.2 Å². The molecule has 0 saturated carbocycles. The van der Waals surface area contributed by atoms with E-state index in [0.29, 0.717) is 12.1 Å². The van der Waals surface area contributed by atoms with Crippen molar-refractivity contribution in [1.82, 2.24) is 10.2 Å². The van der Waals surface area contributed by atoms with Gasteiger partial charge in [0.05, 0.1) is 12.1 Å². The van der Waals surface area contributed by atoms with E-state index in [0.717, 1.165) is 18.9 Å². The molecule has 0 aromatic carbocycles. The van der Waals surface area contributed by atoms with Crippen LogP contribution in [0, 0.1) is 0 Å². The van der Waals surface area contributed by atoms with E-state index >= 15 is 0 Å². The van der Waals surface area contributed by atoms with Crippen molar-refractivity contribution in [3.63, 3.8) is 0 Å². The number of carbonyl (C=O) groups is 1. The lowest BCUT2D eigenvalue weighted by Gasteiger charge is -2.21. The van der Waals surface area contributed by atoms with Crippen molar-refractivity contribution in [3.05, 3.63) is 23.5 Å². The first kappa shape index (κ1) is 7.21. The summed E-state index contributed by atoms with van der Waals surface area (Å²) in [5.74, 6) is 0.220. The molecule has 2 N–H and O–H groups in total. The molecule has 0 atom stereocenters. The summed E-state index contributed by atoms with van der Waals surface area (Å²) in [4.78, 5) is 12.6. The van der Waals surface area contributed by atoms with Crippen LogP contribution < -0.4 is 5.32 Å². The van der Waals surface area contributed by atoms with Crippen molar-refractivity contribution in [2.75, 3.05) is 19.6 Å². The monoisotopic (exact) mass is 166 g/mol. The summed E-state index contributed by atoms with van der Waals surface area (Å²) in [6.07, 6.45) is 3.48. The van der Waals surface area contributed by atoms with Crippen LogP contribution in [-0.4, -0.2) is 35.6 Å². The zero-order valence-corrected chi connectivity index (χ0v) is 6.58. The van der Waals surface area contributed by atoms with Gasteiger partial charge in [0.25, 0.3) is 0 Å². The van der Waals surface area contributed by atoms with Gasteiger partial charge in [-0.1, -0.05) is 0 Å². The predicted molar refractivity (Wildman–Crippen MR) is 43.4 cm³/mol. The fraction of sp³-hybridized carbons (Fsp3) is 0.375. The first-order valence-corrected chi connectivity index (χ1v) is 3.90. The van der Waals surface area contributed by atoms with Crippen molar-refractivity contribution < 1.29 is 9.90 Å². The molecule has 0 aliphatic carbocycles. The Balaban J connectivity index is 2.20. The van der Waals surface area contributed by atoms with E-state index in [-0.39, 0.29) is 0 Å². The number of aliphatic carboxylic acids is 1. The Hall–Kier alpha value is -1.45. The first-order chi connectivity index (χ1) is 5.77. The molecular formula is C8H10N2O2. The molecule has 0 aromatic rings. The summed E-state index contributed by atoms with van der Waals surface area (Å²) < 4.78 is 0. The highest BCUT2D eigenvalue weighted by atomic mass is 16.4. The van der Waals surface area contributed by atoms with Gasteiger partial charge in [-0.2, -0.15) is 0 Å². The van der Waals surface area contributed by atoms with Gasteiger partial charge in [0.15, 0.2) is 0 Å². The highest BCUT2D eigenvalue weighted by Gasteiger charge is 2.22. The molecule has 64 valence electrons. The number of nitrogens with one attached hydrogen (secondary N) is 1. The van der Waals surface area contributed by atoms with Crippen LogP contribution in [0.2, 0.25) is 0 Å². The molecule has 2 aliphatic heterocycles. The van der Waals surface area contributed by atoms with Crippen molar-refractivity contribution in [3.8, 4) is 0 Å². The van der Waals surface area contributed by atoms with Gasteiger partial charge in [0.2, 0.25) is 0 Å². The Morgan fingerprint density at radius 2 is 2.42 bits per heavy atom. The second-order valence-electron chi connectivity index (χ2n) is 2.90. The van der Waals surface area contributed by atoms with Gasteiger partial charge in [0, 0.05) is 13.1 Å². The van der Waals surface area contributed by atoms with Gasteiger partial charge < -0.3 is 15.3 Å². The largest absolute Gasteiger partial charge is 0.478 e. The van der Waals surface area contributed by atoms with E-state index in [1.807, 2.05) is 11.0 Å². The average Bonchev–Trinajstić information content (AvgIpc) is 2.49. The highest BCUT2D eigenvalue weighted by molar-refractivity contribution is 5.87. The molecule has 0 unspecified atom stereocenters. The van der Waals surface area contributed by atoms with Crippen LogP contribution in [0.15, 0.2) is 23.5 Å². The lowest BCUT2D eigenvalue weighted by atomic mass is 10.2. The van der Waals surface area contributed by atoms with Crippen molar-refractivity contribution in [2.45, 2.75) is 0 Å². The third kappa shape index (κ3) is 1.05. The lowest BCUT2D eigenvalue weighted by molar-refractivity contribution is -0.132. The number of rotatable bonds is 1. The summed E-state index contributed by atoms with van der Waals surface area (Å²) in [5, 5.41) is 11.9. The minimum atomic E-state index is -0.822. The number of carboxylic acid groups (broad SMARTS) is 1. The topological polar surface area (TPSA) is 52.6 Å². The standard InChI is InChI=1S/C8H10N2O2/c11-8(12)6-1-2-7-9-3-4-10(7)5-6/h1-2,9H,3-5H2,(H,11,12). The molecule has 4 heteroatoms. The first-order valence-electron chi connectivity index (χ1n) is 3.90. The minimum absolute atomic E-state index is 0.461. The third-order valence-corrected chi connectivity index (χ3v) is 2.11. The fourth-order valence-electron chi connectivity index (χ4n) is 1.46. The van der Waals surface area contributed by atoms with E-state index in [1.54, 1.807) is 6.08 Å². The van der Waals surface area contributed by atoms with E-state index in [1.165, 1.54) is 0 Å². The quantitative estimate of drug-likeness (QED) is 0.564. The van der Waals surface area contributed by atoms with Gasteiger partial charge in [-0.25, -0.2) is 4.79 Å². The predicted octanol–water partition coefficient (Wildman–Crippen LogP) is -0.242. The molecule has 12 heavy (non-hydrogen) atoms. The molecule has 0 spiro atoms. The second-order valence-corrected chi connectivity index (χ2v) is 2.90. The van der Waals surface area contributed by atoms with Crippen LogP contribution in [0.4, 0.5) is 0 Å². The summed E-state index contributed by atoms with van der Waals surface area (Å²) in [6, 6.07) is 0. The van der Waals surface area contributed by atoms with Gasteiger partial charge >= 0.3 is 5.97 Å². The van der Waals surface area contributed by atoms with Crippen molar-refractivity contribution in [2.24, 2.45) is 0 Å². The number of hydrogen-bond donors (Lipinski definition) is 2. The van der Waals surface area contributed by atoms with Crippen molar-refractivity contribution in [1.29, 1.82) is 0 Å². The van der Waals surface area contributed by atoms with Crippen LogP contribution in [0.25, 0.3) is 0 Å². The normalized spacial score (nSPS) is 20.8. The van der Waals surface area contributed by atoms with E-state index < -0.39 is 5.97 Å². The number of fused-ring (bicyclic) bond motifs is 1. The number of allylic oxidation sites excluding steroid dienone is 2. The minimum Gasteiger partial charge on any atom is -0.478 e. The Kier molecular flexibility index (Phi) is 1.53. The maximum Gasteiger partial charge on any atom is 0.333 e. The Bertz CT molecular complexity index is 281. The second kappa shape index (κ2) is 2.55. The highest BCUT2D eigenvalue weighted by Crippen LogP contribution is 2.15. The summed E-state index contributed by atoms with van der Waals surface area (Å²) >= 11 is 0. The SMILES string of the molecule is O=C(O)C1=CC=C2NCCN2C1. The maximum atomic E-state index is 10.6. The molecule has 4 nitrogen and oxygen atoms in total. The van der Waals surface area contributed by atoms with Gasteiger partial charge in [-0.15, -0.1) is 0 Å². The van der Waals surface area contributed by atoms with Gasteiger partial charge in [-0.3, -0.25) is 0 Å². The molecule has 0 bridgehead atoms. The molecule has 0 amide bonds. The molecule has 2 aliphatic rings. The number of nitrogens with zero attached hydrogens (tertiary/aromatic N) is 1. The molecular weight excluding hydrogens is 156 g/mol. The molecule has 2 heterocycles. The maximum absolute atomic E-state index is 10.6. The average molecular weight is 166 g/mol. The van der Waals surface area contributed by atoms with E-state index in [9.17, 15) is 4.79 Å². The van der Waals surface area contributed by atoms with Gasteiger partial charge in [-0.05, 0) is 12.2 Å². The molecule has 1 saturated heterocycles. The lowest BCUT2D eigenvalue weighted by Crippen LogP contribution is -2.27. The zero-order valence-electron chi connectivity index (χ0n) is 6.58. The van der Waals surface area contributed by atoms with Crippen LogP contribution >= 0.6 is 0 Å². The molecule has 0 radical (unpaired) electrons. The summed E-state index contributed by atoms with van der Waals surface area (Å²) in [6.45, 7) is 2.33. The van der Waals surface area contributed by atoms with Crippen LogP contribution in [0.1, 0.15) is 0 Å². The molecule has 1 fully saturated rings. The number of carboxylic acids is 1.